The predicted octanol–water partition coefficient (Wildman–Crippen LogP) is 4.22. The van der Waals surface area contributed by atoms with E-state index in [0.29, 0.717) is 44.5 Å². The maximum absolute atomic E-state index is 10.8. The van der Waals surface area contributed by atoms with Gasteiger partial charge in [0.25, 0.3) is 0 Å². The van der Waals surface area contributed by atoms with Crippen LogP contribution in [0.1, 0.15) is 17.1 Å². The molecule has 0 aliphatic carbocycles. The van der Waals surface area contributed by atoms with E-state index in [1.807, 2.05) is 6.07 Å². The van der Waals surface area contributed by atoms with Gasteiger partial charge in [0.2, 0.25) is 0 Å². The highest BCUT2D eigenvalue weighted by Crippen LogP contribution is 2.32. The fourth-order valence-corrected chi connectivity index (χ4v) is 3.12. The number of aliphatic carboxylic acids is 1. The summed E-state index contributed by atoms with van der Waals surface area (Å²) in [5.41, 5.74) is 8.60. The van der Waals surface area contributed by atoms with E-state index in [4.69, 9.17) is 38.8 Å². The van der Waals surface area contributed by atoms with Crippen LogP contribution in [0.2, 0.25) is 10.0 Å². The number of methoxy groups -OCH3 is 1. The molecule has 0 amide bonds. The summed E-state index contributed by atoms with van der Waals surface area (Å²) in [4.78, 5) is 19.6. The second-order valence-electron chi connectivity index (χ2n) is 5.70. The van der Waals surface area contributed by atoms with Gasteiger partial charge < -0.3 is 15.6 Å². The molecule has 0 bridgehead atoms. The molecule has 2 aromatic carbocycles. The van der Waals surface area contributed by atoms with Gasteiger partial charge in [-0.1, -0.05) is 29.3 Å². The Balaban J connectivity index is 2.14. The van der Waals surface area contributed by atoms with Crippen LogP contribution in [-0.4, -0.2) is 28.2 Å². The summed E-state index contributed by atoms with van der Waals surface area (Å²) < 4.78 is 5.17. The van der Waals surface area contributed by atoms with Gasteiger partial charge >= 0.3 is 5.97 Å². The van der Waals surface area contributed by atoms with Crippen molar-refractivity contribution in [1.29, 1.82) is 0 Å². The first-order chi connectivity index (χ1) is 12.9. The number of hydrogen-bond acceptors (Lipinski definition) is 5. The molecule has 1 heterocycles. The summed E-state index contributed by atoms with van der Waals surface area (Å²) in [6.07, 6.45) is 2.72. The van der Waals surface area contributed by atoms with Crippen LogP contribution >= 0.6 is 23.2 Å². The van der Waals surface area contributed by atoms with Crippen LogP contribution in [-0.2, 0) is 11.2 Å². The molecular formula is C19H15Cl2N3O3. The Morgan fingerprint density at radius 1 is 1.22 bits per heavy atom. The van der Waals surface area contributed by atoms with Crippen molar-refractivity contribution in [3.05, 3.63) is 63.5 Å². The van der Waals surface area contributed by atoms with Gasteiger partial charge in [-0.25, -0.2) is 14.8 Å². The van der Waals surface area contributed by atoms with E-state index in [9.17, 15) is 4.79 Å². The molecule has 0 aliphatic heterocycles. The fourth-order valence-electron chi connectivity index (χ4n) is 2.68. The maximum Gasteiger partial charge on any atom is 0.328 e. The molecular weight excluding hydrogens is 389 g/mol. The largest absolute Gasteiger partial charge is 0.495 e. The molecule has 3 rings (SSSR count). The van der Waals surface area contributed by atoms with Gasteiger partial charge in [0, 0.05) is 17.9 Å². The highest BCUT2D eigenvalue weighted by molar-refractivity contribution is 6.34. The van der Waals surface area contributed by atoms with Gasteiger partial charge in [0.15, 0.2) is 5.82 Å². The Morgan fingerprint density at radius 2 is 2.00 bits per heavy atom. The van der Waals surface area contributed by atoms with Crippen molar-refractivity contribution in [2.75, 3.05) is 12.8 Å². The van der Waals surface area contributed by atoms with Gasteiger partial charge in [-0.05, 0) is 35.9 Å². The molecule has 138 valence electrons. The second kappa shape index (κ2) is 7.82. The number of nitrogens with two attached hydrogens (primary N) is 1. The lowest BCUT2D eigenvalue weighted by Crippen LogP contribution is -2.03. The molecule has 0 saturated carbocycles. The number of anilines is 1. The Kier molecular flexibility index (Phi) is 5.48. The van der Waals surface area contributed by atoms with Crippen LogP contribution in [0.5, 0.6) is 5.75 Å². The molecule has 27 heavy (non-hydrogen) atoms. The third-order valence-corrected chi connectivity index (χ3v) is 4.53. The zero-order valence-electron chi connectivity index (χ0n) is 14.2. The van der Waals surface area contributed by atoms with Crippen molar-refractivity contribution < 1.29 is 14.6 Å². The van der Waals surface area contributed by atoms with Gasteiger partial charge in [0.05, 0.1) is 34.1 Å². The maximum atomic E-state index is 10.8. The van der Waals surface area contributed by atoms with Crippen LogP contribution in [0.15, 0.2) is 36.4 Å². The first kappa shape index (κ1) is 18.9. The molecule has 0 atom stereocenters. The van der Waals surface area contributed by atoms with E-state index < -0.39 is 5.97 Å². The number of carboxylic acids is 1. The quantitative estimate of drug-likeness (QED) is 0.488. The molecule has 6 nitrogen and oxygen atoms in total. The SMILES string of the molecule is COc1ccc(Cc2nc(/C=C/C(=O)O)nc3ccc(Cl)c(N)c23)cc1Cl. The van der Waals surface area contributed by atoms with Gasteiger partial charge in [-0.3, -0.25) is 0 Å². The summed E-state index contributed by atoms with van der Waals surface area (Å²) in [5, 5.41) is 10.3. The first-order valence-electron chi connectivity index (χ1n) is 7.87. The number of benzene rings is 2. The Hall–Kier alpha value is -2.83. The number of nitrogens with zero attached hydrogens (tertiary/aromatic N) is 2. The lowest BCUT2D eigenvalue weighted by atomic mass is 10.0. The number of nitrogen functional groups attached to an aromatic ring is 1. The number of fused-ring (bicyclic) bond motifs is 1. The standard InChI is InChI=1S/C19H15Cl2N3O3/c1-27-15-5-2-10(8-12(15)21)9-14-18-13(4-3-11(20)19(18)22)23-16(24-14)6-7-17(25)26/h2-8H,9,22H2,1H3,(H,25,26)/b7-6+. The summed E-state index contributed by atoms with van der Waals surface area (Å²) in [6, 6.07) is 8.78. The van der Waals surface area contributed by atoms with E-state index >= 15 is 0 Å². The first-order valence-corrected chi connectivity index (χ1v) is 8.62. The smallest absolute Gasteiger partial charge is 0.328 e. The Bertz CT molecular complexity index is 1070. The fraction of sp³-hybridized carbons (Fsp3) is 0.105. The number of aromatic nitrogens is 2. The average molecular weight is 404 g/mol. The highest BCUT2D eigenvalue weighted by Gasteiger charge is 2.14. The normalized spacial score (nSPS) is 11.2. The summed E-state index contributed by atoms with van der Waals surface area (Å²) in [5.74, 6) is -0.250. The zero-order valence-corrected chi connectivity index (χ0v) is 15.8. The van der Waals surface area contributed by atoms with E-state index in [1.165, 1.54) is 6.08 Å². The minimum absolute atomic E-state index is 0.265. The van der Waals surface area contributed by atoms with E-state index in [-0.39, 0.29) is 5.82 Å². The molecule has 0 fully saturated rings. The number of rotatable bonds is 5. The lowest BCUT2D eigenvalue weighted by molar-refractivity contribution is -0.131. The number of hydrogen-bond donors (Lipinski definition) is 2. The molecule has 0 spiro atoms. The Morgan fingerprint density at radius 3 is 2.67 bits per heavy atom. The Labute approximate surface area is 165 Å². The molecule has 0 unspecified atom stereocenters. The number of carboxylic acid groups (broad SMARTS) is 1. The average Bonchev–Trinajstić information content (AvgIpc) is 2.63. The minimum atomic E-state index is -1.09. The van der Waals surface area contributed by atoms with Crippen molar-refractivity contribution >= 4 is 51.8 Å². The summed E-state index contributed by atoms with van der Waals surface area (Å²) in [7, 11) is 1.54. The van der Waals surface area contributed by atoms with Gasteiger partial charge in [-0.15, -0.1) is 0 Å². The van der Waals surface area contributed by atoms with E-state index in [2.05, 4.69) is 9.97 Å². The third kappa shape index (κ3) is 4.13. The van der Waals surface area contributed by atoms with Crippen LogP contribution in [0.25, 0.3) is 17.0 Å². The molecule has 0 saturated heterocycles. The van der Waals surface area contributed by atoms with Crippen molar-refractivity contribution in [2.45, 2.75) is 6.42 Å². The van der Waals surface area contributed by atoms with Crippen molar-refractivity contribution in [3.8, 4) is 5.75 Å². The monoisotopic (exact) mass is 403 g/mol. The summed E-state index contributed by atoms with van der Waals surface area (Å²) in [6.45, 7) is 0. The molecule has 3 aromatic rings. The molecule has 1 aromatic heterocycles. The number of carbonyl (C=O) groups is 1. The topological polar surface area (TPSA) is 98.3 Å². The minimum Gasteiger partial charge on any atom is -0.495 e. The molecule has 0 radical (unpaired) electrons. The van der Waals surface area contributed by atoms with Crippen LogP contribution in [0.4, 0.5) is 5.69 Å². The van der Waals surface area contributed by atoms with Crippen molar-refractivity contribution in [3.63, 3.8) is 0 Å². The number of ether oxygens (including phenoxy) is 1. The summed E-state index contributed by atoms with van der Waals surface area (Å²) >= 11 is 12.4. The van der Waals surface area contributed by atoms with Crippen LogP contribution in [0.3, 0.4) is 0 Å². The van der Waals surface area contributed by atoms with Gasteiger partial charge in [0.1, 0.15) is 5.75 Å². The van der Waals surface area contributed by atoms with Gasteiger partial charge in [-0.2, -0.15) is 0 Å². The van der Waals surface area contributed by atoms with E-state index in [0.717, 1.165) is 11.6 Å². The zero-order chi connectivity index (χ0) is 19.6. The highest BCUT2D eigenvalue weighted by atomic mass is 35.5. The molecule has 3 N–H and O–H groups in total. The van der Waals surface area contributed by atoms with Crippen molar-refractivity contribution in [1.82, 2.24) is 9.97 Å². The molecule has 8 heteroatoms. The van der Waals surface area contributed by atoms with E-state index in [1.54, 1.807) is 31.4 Å². The predicted molar refractivity (Wildman–Crippen MR) is 106 cm³/mol. The lowest BCUT2D eigenvalue weighted by Gasteiger charge is -2.11. The van der Waals surface area contributed by atoms with Crippen molar-refractivity contribution in [2.24, 2.45) is 0 Å². The third-order valence-electron chi connectivity index (χ3n) is 3.91. The van der Waals surface area contributed by atoms with Crippen LogP contribution < -0.4 is 10.5 Å². The number of halogens is 2. The second-order valence-corrected chi connectivity index (χ2v) is 6.52. The van der Waals surface area contributed by atoms with Crippen LogP contribution in [0, 0.1) is 0 Å². The molecule has 0 aliphatic rings.